The Labute approximate surface area is 213 Å². The van der Waals surface area contributed by atoms with Crippen LogP contribution in [-0.2, 0) is 14.6 Å². The molecule has 36 heavy (non-hydrogen) atoms. The van der Waals surface area contributed by atoms with Crippen molar-refractivity contribution in [1.29, 1.82) is 5.41 Å². The molecule has 2 aromatic rings. The number of nitrogens with one attached hydrogen (secondary N) is 1. The first-order chi connectivity index (χ1) is 17.1. The number of hydrogen-bond acceptors (Lipinski definition) is 9. The van der Waals surface area contributed by atoms with Gasteiger partial charge in [0.15, 0.2) is 17.3 Å². The van der Waals surface area contributed by atoms with Crippen LogP contribution >= 0.6 is 11.8 Å². The highest BCUT2D eigenvalue weighted by Gasteiger charge is 2.38. The lowest BCUT2D eigenvalue weighted by Crippen LogP contribution is -2.35. The van der Waals surface area contributed by atoms with E-state index in [0.717, 1.165) is 39.9 Å². The summed E-state index contributed by atoms with van der Waals surface area (Å²) < 4.78 is 40.5. The third-order valence-corrected chi connectivity index (χ3v) is 7.77. The number of aryl methyl sites for hydroxylation is 2. The van der Waals surface area contributed by atoms with Gasteiger partial charge in [0, 0.05) is 6.26 Å². The third-order valence-electron chi connectivity index (χ3n) is 5.19. The number of sulfone groups is 1. The van der Waals surface area contributed by atoms with Gasteiger partial charge in [-0.15, -0.1) is 5.10 Å². The Balaban J connectivity index is 1.47. The first-order valence-corrected chi connectivity index (χ1v) is 13.5. The molecule has 2 aliphatic rings. The maximum absolute atomic E-state index is 12.6. The molecule has 0 aromatic heterocycles. The van der Waals surface area contributed by atoms with Crippen molar-refractivity contribution in [2.45, 2.75) is 13.8 Å². The zero-order valence-corrected chi connectivity index (χ0v) is 21.7. The van der Waals surface area contributed by atoms with Crippen LogP contribution in [0, 0.1) is 19.3 Å². The Morgan fingerprint density at radius 2 is 1.78 bits per heavy atom. The molecule has 0 bridgehead atoms. The molecule has 0 atom stereocenters. The zero-order valence-electron chi connectivity index (χ0n) is 20.1. The first-order valence-electron chi connectivity index (χ1n) is 10.8. The molecule has 0 spiro atoms. The number of carbonyl (C=O) groups excluding carboxylic acids is 1. The van der Waals surface area contributed by atoms with Gasteiger partial charge in [-0.1, -0.05) is 18.2 Å². The van der Waals surface area contributed by atoms with Crippen molar-refractivity contribution in [3.05, 3.63) is 58.7 Å². The summed E-state index contributed by atoms with van der Waals surface area (Å²) in [5, 5.41) is 13.4. The van der Waals surface area contributed by atoms with Crippen molar-refractivity contribution >= 4 is 49.0 Å². The fraction of sp³-hybridized carbons (Fsp3) is 0.250. The minimum absolute atomic E-state index is 0.0319. The number of methoxy groups -OCH3 is 1. The predicted octanol–water partition coefficient (Wildman–Crippen LogP) is 3.39. The van der Waals surface area contributed by atoms with Gasteiger partial charge in [-0.3, -0.25) is 10.2 Å². The summed E-state index contributed by atoms with van der Waals surface area (Å²) in [6.45, 7) is 4.61. The Kier molecular flexibility index (Phi) is 7.18. The number of amidine groups is 2. The van der Waals surface area contributed by atoms with Gasteiger partial charge in [0.1, 0.15) is 19.0 Å². The number of ether oxygens (including phenoxy) is 3. The van der Waals surface area contributed by atoms with E-state index in [1.807, 2.05) is 32.0 Å². The number of fused-ring (bicyclic) bond motifs is 1. The number of hydrogen-bond donors (Lipinski definition) is 1. The summed E-state index contributed by atoms with van der Waals surface area (Å²) in [5.41, 5.74) is 2.69. The molecule has 2 aliphatic heterocycles. The second-order valence-electron chi connectivity index (χ2n) is 8.03. The van der Waals surface area contributed by atoms with E-state index in [-0.39, 0.29) is 27.6 Å². The van der Waals surface area contributed by atoms with Crippen molar-refractivity contribution < 1.29 is 27.4 Å². The van der Waals surface area contributed by atoms with Crippen LogP contribution in [0.5, 0.6) is 17.2 Å². The number of carbonyl (C=O) groups is 1. The van der Waals surface area contributed by atoms with Gasteiger partial charge in [0.2, 0.25) is 19.4 Å². The lowest BCUT2D eigenvalue weighted by molar-refractivity contribution is -0.114. The van der Waals surface area contributed by atoms with Crippen LogP contribution in [0.1, 0.15) is 16.7 Å². The van der Waals surface area contributed by atoms with Crippen LogP contribution in [-0.4, -0.2) is 61.3 Å². The zero-order chi connectivity index (χ0) is 26.0. The molecule has 0 saturated carbocycles. The maximum Gasteiger partial charge on any atom is 0.283 e. The quantitative estimate of drug-likeness (QED) is 0.427. The Morgan fingerprint density at radius 3 is 2.47 bits per heavy atom. The van der Waals surface area contributed by atoms with Crippen LogP contribution in [0.3, 0.4) is 0 Å². The van der Waals surface area contributed by atoms with Crippen molar-refractivity contribution in [3.8, 4) is 17.2 Å². The topological polar surface area (TPSA) is 131 Å². The molecule has 188 valence electrons. The summed E-state index contributed by atoms with van der Waals surface area (Å²) >= 11 is 0.737. The van der Waals surface area contributed by atoms with Crippen LogP contribution in [0.15, 0.2) is 52.1 Å². The van der Waals surface area contributed by atoms with Gasteiger partial charge in [-0.05, 0) is 66.6 Å². The third kappa shape index (κ3) is 5.44. The van der Waals surface area contributed by atoms with Gasteiger partial charge < -0.3 is 14.2 Å². The highest BCUT2D eigenvalue weighted by molar-refractivity contribution is 8.42. The highest BCUT2D eigenvalue weighted by atomic mass is 32.3. The molecule has 1 amide bonds. The lowest BCUT2D eigenvalue weighted by Gasteiger charge is -2.20. The molecule has 2 heterocycles. The standard InChI is InChI=1S/C24H24N4O6S2/c1-14-5-6-15(2)19(11-14)34-10-9-33-18-8-7-16(13-20(18)32-3)12-17-21(25)28-23(26-22(17)29)35-24(27-28)36(4,30)31/h5-8,11-13,25H,9-10H2,1-4H3/b17-12-,25-21?. The number of rotatable bonds is 7. The van der Waals surface area contributed by atoms with E-state index < -0.39 is 15.7 Å². The lowest BCUT2D eigenvalue weighted by atomic mass is 10.1. The molecular weight excluding hydrogens is 504 g/mol. The molecule has 0 aliphatic carbocycles. The molecule has 10 nitrogen and oxygen atoms in total. The number of aliphatic imine (C=N–C) groups is 1. The number of nitrogens with zero attached hydrogens (tertiary/aromatic N) is 3. The first kappa shape index (κ1) is 25.5. The predicted molar refractivity (Wildman–Crippen MR) is 140 cm³/mol. The summed E-state index contributed by atoms with van der Waals surface area (Å²) in [6, 6.07) is 11.1. The molecule has 1 N–H and O–H groups in total. The fourth-order valence-electron chi connectivity index (χ4n) is 3.35. The molecule has 12 heteroatoms. The smallest absolute Gasteiger partial charge is 0.283 e. The average Bonchev–Trinajstić information content (AvgIpc) is 3.27. The Morgan fingerprint density at radius 1 is 1.06 bits per heavy atom. The molecule has 4 rings (SSSR count). The Hall–Kier alpha value is -3.64. The largest absolute Gasteiger partial charge is 0.493 e. The van der Waals surface area contributed by atoms with Crippen molar-refractivity contribution in [2.75, 3.05) is 26.6 Å². The summed E-state index contributed by atoms with van der Waals surface area (Å²) in [4.78, 5) is 16.5. The SMILES string of the molecule is COc1cc(/C=C2/C(=N)N3N=C(S(C)(=O)=O)SC3=NC2=O)ccc1OCCOc1cc(C)ccc1C. The van der Waals surface area contributed by atoms with Gasteiger partial charge >= 0.3 is 0 Å². The Bertz CT molecular complexity index is 1450. The summed E-state index contributed by atoms with van der Waals surface area (Å²) in [5.74, 6) is 0.810. The van der Waals surface area contributed by atoms with Crippen molar-refractivity contribution in [1.82, 2.24) is 5.01 Å². The van der Waals surface area contributed by atoms with Crippen LogP contribution in [0.2, 0.25) is 0 Å². The molecular formula is C24H24N4O6S2. The summed E-state index contributed by atoms with van der Waals surface area (Å²) in [7, 11) is -2.10. The highest BCUT2D eigenvalue weighted by Crippen LogP contribution is 2.32. The van der Waals surface area contributed by atoms with E-state index in [4.69, 9.17) is 19.6 Å². The normalized spacial score (nSPS) is 16.6. The minimum atomic E-state index is -3.60. The van der Waals surface area contributed by atoms with Crippen LogP contribution in [0.25, 0.3) is 6.08 Å². The maximum atomic E-state index is 12.6. The van der Waals surface area contributed by atoms with Gasteiger partial charge in [-0.25, -0.2) is 8.42 Å². The fourth-order valence-corrected chi connectivity index (χ4v) is 5.04. The molecule has 0 saturated heterocycles. The van der Waals surface area contributed by atoms with Crippen molar-refractivity contribution in [3.63, 3.8) is 0 Å². The second kappa shape index (κ2) is 10.2. The van der Waals surface area contributed by atoms with E-state index in [9.17, 15) is 13.2 Å². The van der Waals surface area contributed by atoms with E-state index in [2.05, 4.69) is 10.1 Å². The van der Waals surface area contributed by atoms with Gasteiger partial charge in [0.25, 0.3) is 5.91 Å². The van der Waals surface area contributed by atoms with E-state index in [1.165, 1.54) is 13.2 Å². The van der Waals surface area contributed by atoms with E-state index in [1.54, 1.807) is 18.2 Å². The average molecular weight is 529 g/mol. The number of amides is 1. The minimum Gasteiger partial charge on any atom is -0.493 e. The molecule has 0 radical (unpaired) electrons. The van der Waals surface area contributed by atoms with E-state index in [0.29, 0.717) is 23.7 Å². The van der Waals surface area contributed by atoms with Gasteiger partial charge in [0.05, 0.1) is 12.7 Å². The van der Waals surface area contributed by atoms with Crippen LogP contribution in [0.4, 0.5) is 0 Å². The van der Waals surface area contributed by atoms with Gasteiger partial charge in [-0.2, -0.15) is 10.0 Å². The van der Waals surface area contributed by atoms with Crippen molar-refractivity contribution in [2.24, 2.45) is 10.1 Å². The second-order valence-corrected chi connectivity index (χ2v) is 11.2. The van der Waals surface area contributed by atoms with E-state index >= 15 is 0 Å². The number of thioether (sulfide) groups is 1. The summed E-state index contributed by atoms with van der Waals surface area (Å²) in [6.07, 6.45) is 2.48. The van der Waals surface area contributed by atoms with Crippen LogP contribution < -0.4 is 14.2 Å². The molecule has 0 unspecified atom stereocenters. The molecule has 0 fully saturated rings. The number of benzene rings is 2. The molecule has 2 aromatic carbocycles. The number of hydrazone groups is 1. The monoisotopic (exact) mass is 528 g/mol.